The zero-order valence-corrected chi connectivity index (χ0v) is 34.3. The first-order valence-electron chi connectivity index (χ1n) is 22.1. The fourth-order valence-electron chi connectivity index (χ4n) is 6.99. The Morgan fingerprint density at radius 1 is 0.648 bits per heavy atom. The van der Waals surface area contributed by atoms with E-state index >= 15 is 0 Å². The molecule has 1 heterocycles. The largest absolute Gasteiger partial charge is 0.394 e. The van der Waals surface area contributed by atoms with E-state index in [1.807, 2.05) is 0 Å². The Labute approximate surface area is 329 Å². The Morgan fingerprint density at radius 2 is 1.13 bits per heavy atom. The van der Waals surface area contributed by atoms with Gasteiger partial charge >= 0.3 is 0 Å². The van der Waals surface area contributed by atoms with E-state index in [4.69, 9.17) is 9.47 Å². The molecule has 1 saturated heterocycles. The first-order chi connectivity index (χ1) is 26.3. The average molecular weight is 770 g/mol. The molecule has 0 aromatic carbocycles. The molecule has 10 nitrogen and oxygen atoms in total. The van der Waals surface area contributed by atoms with Crippen molar-refractivity contribution in [2.75, 3.05) is 13.2 Å². The van der Waals surface area contributed by atoms with Crippen molar-refractivity contribution >= 4 is 5.91 Å². The van der Waals surface area contributed by atoms with Crippen LogP contribution in [0.25, 0.3) is 0 Å². The quantitative estimate of drug-likeness (QED) is 0.0250. The summed E-state index contributed by atoms with van der Waals surface area (Å²) in [5.41, 5.74) is 0. The number of amides is 1. The molecule has 1 rings (SSSR count). The summed E-state index contributed by atoms with van der Waals surface area (Å²) in [7, 11) is 0. The molecule has 1 fully saturated rings. The molecule has 0 aliphatic carbocycles. The summed E-state index contributed by atoms with van der Waals surface area (Å²) < 4.78 is 11.1. The molecule has 1 aliphatic heterocycles. The number of carbonyl (C=O) groups excluding carboxylic acids is 1. The fraction of sp³-hybridized carbons (Fsp3) is 0.886. The number of allylic oxidation sites excluding steroid dienone is 4. The standard InChI is InChI=1S/C44H83NO9/c1-3-5-7-9-11-13-15-17-18-19-20-21-23-25-27-29-31-33-39(48)45-36(35-53-44-43(52)42(51)41(50)38(34-46)54-44)40(49)37(47)32-30-28-26-24-22-16-14-12-10-8-6-4-2/h15,17,19-20,36-38,40-44,46-47,49-52H,3-14,16,18,21-35H2,1-2H3,(H,45,48)/b17-15-,20-19-/t36-,37+,38?,40-,41?,42?,43?,44?/m0/s1. The zero-order chi connectivity index (χ0) is 39.7. The third kappa shape index (κ3) is 25.0. The van der Waals surface area contributed by atoms with Gasteiger partial charge < -0.3 is 45.4 Å². The van der Waals surface area contributed by atoms with Crippen molar-refractivity contribution in [1.82, 2.24) is 5.32 Å². The second kappa shape index (κ2) is 34.8. The number of aliphatic hydroxyl groups is 6. The first-order valence-corrected chi connectivity index (χ1v) is 22.1. The lowest BCUT2D eigenvalue weighted by Gasteiger charge is -2.40. The highest BCUT2D eigenvalue weighted by atomic mass is 16.7. The molecule has 1 amide bonds. The molecule has 0 aromatic heterocycles. The number of hydrogen-bond donors (Lipinski definition) is 7. The molecule has 318 valence electrons. The lowest BCUT2D eigenvalue weighted by molar-refractivity contribution is -0.303. The number of nitrogens with one attached hydrogen (secondary N) is 1. The minimum Gasteiger partial charge on any atom is -0.394 e. The monoisotopic (exact) mass is 770 g/mol. The Balaban J connectivity index is 2.43. The molecule has 5 unspecified atom stereocenters. The molecule has 0 saturated carbocycles. The summed E-state index contributed by atoms with van der Waals surface area (Å²) in [5, 5.41) is 65.0. The van der Waals surface area contributed by atoms with Gasteiger partial charge in [0.15, 0.2) is 6.29 Å². The van der Waals surface area contributed by atoms with Gasteiger partial charge in [0, 0.05) is 6.42 Å². The second-order valence-electron chi connectivity index (χ2n) is 15.6. The predicted octanol–water partition coefficient (Wildman–Crippen LogP) is 7.69. The molecule has 0 radical (unpaired) electrons. The van der Waals surface area contributed by atoms with E-state index in [-0.39, 0.29) is 18.9 Å². The molecule has 1 aliphatic rings. The van der Waals surface area contributed by atoms with Gasteiger partial charge in [-0.15, -0.1) is 0 Å². The van der Waals surface area contributed by atoms with Crippen molar-refractivity contribution in [3.05, 3.63) is 24.3 Å². The highest BCUT2D eigenvalue weighted by Crippen LogP contribution is 2.23. The number of rotatable bonds is 36. The zero-order valence-electron chi connectivity index (χ0n) is 34.3. The van der Waals surface area contributed by atoms with E-state index in [2.05, 4.69) is 43.5 Å². The maximum Gasteiger partial charge on any atom is 0.220 e. The normalized spacial score (nSPS) is 22.3. The molecule has 54 heavy (non-hydrogen) atoms. The molecular formula is C44H83NO9. The Hall–Kier alpha value is -1.37. The number of unbranched alkanes of at least 4 members (excludes halogenated alkanes) is 21. The fourth-order valence-corrected chi connectivity index (χ4v) is 6.99. The van der Waals surface area contributed by atoms with Crippen LogP contribution < -0.4 is 5.32 Å². The van der Waals surface area contributed by atoms with E-state index in [1.165, 1.54) is 89.9 Å². The third-order valence-corrected chi connectivity index (χ3v) is 10.6. The van der Waals surface area contributed by atoms with Crippen molar-refractivity contribution < 1.29 is 44.9 Å². The minimum absolute atomic E-state index is 0.267. The predicted molar refractivity (Wildman–Crippen MR) is 218 cm³/mol. The highest BCUT2D eigenvalue weighted by Gasteiger charge is 2.44. The summed E-state index contributed by atoms with van der Waals surface area (Å²) in [5.74, 6) is -0.272. The van der Waals surface area contributed by atoms with E-state index in [0.717, 1.165) is 64.2 Å². The molecule has 0 aromatic rings. The van der Waals surface area contributed by atoms with Gasteiger partial charge in [-0.2, -0.15) is 0 Å². The number of hydrogen-bond acceptors (Lipinski definition) is 9. The molecular weight excluding hydrogens is 686 g/mol. The van der Waals surface area contributed by atoms with Crippen molar-refractivity contribution in [2.45, 2.75) is 236 Å². The molecule has 0 bridgehead atoms. The van der Waals surface area contributed by atoms with Crippen molar-refractivity contribution in [3.63, 3.8) is 0 Å². The van der Waals surface area contributed by atoms with Crippen molar-refractivity contribution in [2.24, 2.45) is 0 Å². The smallest absolute Gasteiger partial charge is 0.220 e. The van der Waals surface area contributed by atoms with Crippen LogP contribution in [-0.2, 0) is 14.3 Å². The van der Waals surface area contributed by atoms with Gasteiger partial charge in [0.2, 0.25) is 5.91 Å². The van der Waals surface area contributed by atoms with E-state index < -0.39 is 55.6 Å². The Morgan fingerprint density at radius 3 is 1.65 bits per heavy atom. The van der Waals surface area contributed by atoms with Gasteiger partial charge in [0.05, 0.1) is 25.4 Å². The molecule has 8 atom stereocenters. The van der Waals surface area contributed by atoms with Gasteiger partial charge in [0.1, 0.15) is 30.5 Å². The van der Waals surface area contributed by atoms with Crippen molar-refractivity contribution in [1.29, 1.82) is 0 Å². The Bertz CT molecular complexity index is 916. The van der Waals surface area contributed by atoms with Crippen LogP contribution in [0.5, 0.6) is 0 Å². The lowest BCUT2D eigenvalue weighted by Crippen LogP contribution is -2.60. The van der Waals surface area contributed by atoms with E-state index in [0.29, 0.717) is 12.8 Å². The van der Waals surface area contributed by atoms with Gasteiger partial charge in [-0.05, 0) is 44.9 Å². The van der Waals surface area contributed by atoms with Crippen LogP contribution in [-0.4, -0.2) is 98.7 Å². The van der Waals surface area contributed by atoms with Crippen LogP contribution in [0.3, 0.4) is 0 Å². The topological polar surface area (TPSA) is 169 Å². The van der Waals surface area contributed by atoms with Crippen LogP contribution >= 0.6 is 0 Å². The Kier molecular flexibility index (Phi) is 32.7. The lowest BCUT2D eigenvalue weighted by atomic mass is 9.98. The second-order valence-corrected chi connectivity index (χ2v) is 15.6. The van der Waals surface area contributed by atoms with Crippen LogP contribution in [0.4, 0.5) is 0 Å². The summed E-state index contributed by atoms with van der Waals surface area (Å²) in [6.07, 6.45) is 28.9. The average Bonchev–Trinajstić information content (AvgIpc) is 3.17. The SMILES string of the molecule is CCCCCCC/C=C\C/C=C\CCCCCCCC(=O)N[C@@H](COC1OC(CO)C(O)C(O)C1O)[C@H](O)[C@H](O)CCCCCCCCCCCCCC. The van der Waals surface area contributed by atoms with Gasteiger partial charge in [0.25, 0.3) is 0 Å². The number of carbonyl (C=O) groups is 1. The van der Waals surface area contributed by atoms with Gasteiger partial charge in [-0.1, -0.05) is 160 Å². The van der Waals surface area contributed by atoms with Crippen LogP contribution in [0, 0.1) is 0 Å². The maximum atomic E-state index is 13.0. The van der Waals surface area contributed by atoms with Crippen molar-refractivity contribution in [3.8, 4) is 0 Å². The summed E-state index contributed by atoms with van der Waals surface area (Å²) >= 11 is 0. The molecule has 0 spiro atoms. The van der Waals surface area contributed by atoms with Crippen LogP contribution in [0.15, 0.2) is 24.3 Å². The third-order valence-electron chi connectivity index (χ3n) is 10.6. The van der Waals surface area contributed by atoms with Crippen LogP contribution in [0.1, 0.15) is 187 Å². The van der Waals surface area contributed by atoms with Gasteiger partial charge in [-0.25, -0.2) is 0 Å². The minimum atomic E-state index is -1.61. The summed E-state index contributed by atoms with van der Waals surface area (Å²) in [6.45, 7) is 3.57. The number of aliphatic hydroxyl groups excluding tert-OH is 6. The highest BCUT2D eigenvalue weighted by molar-refractivity contribution is 5.76. The molecule has 10 heteroatoms. The summed E-state index contributed by atoms with van der Waals surface area (Å²) in [4.78, 5) is 13.0. The molecule has 7 N–H and O–H groups in total. The maximum absolute atomic E-state index is 13.0. The van der Waals surface area contributed by atoms with Crippen LogP contribution in [0.2, 0.25) is 0 Å². The number of ether oxygens (including phenoxy) is 2. The van der Waals surface area contributed by atoms with Gasteiger partial charge in [-0.3, -0.25) is 4.79 Å². The first kappa shape index (κ1) is 50.6. The summed E-state index contributed by atoms with van der Waals surface area (Å²) in [6, 6.07) is -0.996. The van der Waals surface area contributed by atoms with E-state index in [1.54, 1.807) is 0 Å². The van der Waals surface area contributed by atoms with E-state index in [9.17, 15) is 35.4 Å².